The van der Waals surface area contributed by atoms with Crippen LogP contribution in [0.1, 0.15) is 53.9 Å². The summed E-state index contributed by atoms with van der Waals surface area (Å²) in [6.45, 7) is 9.22. The largest absolute Gasteiger partial charge is 0.460 e. The molecule has 0 bridgehead atoms. The van der Waals surface area contributed by atoms with Gasteiger partial charge >= 0.3 is 5.97 Å². The highest BCUT2D eigenvalue weighted by Gasteiger charge is 2.22. The zero-order valence-electron chi connectivity index (χ0n) is 10.4. The molecule has 0 unspecified atom stereocenters. The van der Waals surface area contributed by atoms with Gasteiger partial charge in [-0.25, -0.2) is 0 Å². The Kier molecular flexibility index (Phi) is 5.55. The van der Waals surface area contributed by atoms with Crippen molar-refractivity contribution in [1.29, 1.82) is 0 Å². The van der Waals surface area contributed by atoms with Crippen LogP contribution in [-0.4, -0.2) is 17.4 Å². The van der Waals surface area contributed by atoms with E-state index in [2.05, 4.69) is 0 Å². The number of hydrogen-bond donors (Lipinski definition) is 0. The van der Waals surface area contributed by atoms with Crippen LogP contribution in [-0.2, 0) is 14.3 Å². The molecule has 0 amide bonds. The second-order valence-electron chi connectivity index (χ2n) is 4.72. The van der Waals surface area contributed by atoms with Crippen LogP contribution >= 0.6 is 0 Å². The summed E-state index contributed by atoms with van der Waals surface area (Å²) in [5.41, 5.74) is -0.468. The number of carbonyl (C=O) groups is 2. The Morgan fingerprint density at radius 2 is 1.73 bits per heavy atom. The summed E-state index contributed by atoms with van der Waals surface area (Å²) in [6.07, 6.45) is 1.40. The molecule has 3 heteroatoms. The number of ketones is 1. The monoisotopic (exact) mass is 214 g/mol. The van der Waals surface area contributed by atoms with E-state index < -0.39 is 5.60 Å². The molecule has 0 saturated carbocycles. The maximum absolute atomic E-state index is 11.5. The van der Waals surface area contributed by atoms with Gasteiger partial charge in [0.2, 0.25) is 0 Å². The maximum atomic E-state index is 11.5. The van der Waals surface area contributed by atoms with Crippen molar-refractivity contribution in [3.05, 3.63) is 0 Å². The average molecular weight is 214 g/mol. The molecule has 0 saturated heterocycles. The molecule has 0 spiro atoms. The van der Waals surface area contributed by atoms with Gasteiger partial charge in [0.25, 0.3) is 0 Å². The van der Waals surface area contributed by atoms with E-state index in [-0.39, 0.29) is 24.1 Å². The van der Waals surface area contributed by atoms with Crippen LogP contribution < -0.4 is 0 Å². The van der Waals surface area contributed by atoms with Crippen molar-refractivity contribution in [2.45, 2.75) is 59.5 Å². The number of Topliss-reactive ketones (excluding diaryl/α,β-unsaturated/α-hetero) is 1. The van der Waals surface area contributed by atoms with E-state index in [9.17, 15) is 9.59 Å². The molecule has 0 radical (unpaired) electrons. The highest BCUT2D eigenvalue weighted by Crippen LogP contribution is 2.16. The fourth-order valence-corrected chi connectivity index (χ4v) is 1.36. The molecule has 0 N–H and O–H groups in total. The second-order valence-corrected chi connectivity index (χ2v) is 4.72. The number of hydrogen-bond acceptors (Lipinski definition) is 3. The van der Waals surface area contributed by atoms with Gasteiger partial charge in [-0.15, -0.1) is 0 Å². The first-order valence-electron chi connectivity index (χ1n) is 5.54. The lowest BCUT2D eigenvalue weighted by Gasteiger charge is -2.21. The lowest BCUT2D eigenvalue weighted by molar-refractivity contribution is -0.157. The quantitative estimate of drug-likeness (QED) is 0.661. The van der Waals surface area contributed by atoms with Crippen LogP contribution in [0.2, 0.25) is 0 Å². The van der Waals surface area contributed by atoms with Crippen LogP contribution in [0.4, 0.5) is 0 Å². The Labute approximate surface area is 92.2 Å². The third-order valence-electron chi connectivity index (χ3n) is 2.13. The average Bonchev–Trinajstić information content (AvgIpc) is 2.10. The molecule has 0 aliphatic heterocycles. The maximum Gasteiger partial charge on any atom is 0.307 e. The highest BCUT2D eigenvalue weighted by molar-refractivity contribution is 5.85. The Morgan fingerprint density at radius 3 is 2.07 bits per heavy atom. The van der Waals surface area contributed by atoms with E-state index in [1.807, 2.05) is 34.6 Å². The third kappa shape index (κ3) is 6.26. The molecule has 0 rings (SSSR count). The first-order valence-corrected chi connectivity index (χ1v) is 5.54. The second kappa shape index (κ2) is 5.89. The minimum atomic E-state index is -0.468. The predicted molar refractivity (Wildman–Crippen MR) is 59.5 cm³/mol. The molecule has 1 atom stereocenters. The normalized spacial score (nSPS) is 13.4. The van der Waals surface area contributed by atoms with E-state index >= 15 is 0 Å². The smallest absolute Gasteiger partial charge is 0.307 e. The van der Waals surface area contributed by atoms with E-state index in [4.69, 9.17) is 4.74 Å². The van der Waals surface area contributed by atoms with Gasteiger partial charge in [0.1, 0.15) is 11.4 Å². The molecule has 0 heterocycles. The predicted octanol–water partition coefficient (Wildman–Crippen LogP) is 2.72. The van der Waals surface area contributed by atoms with Crippen molar-refractivity contribution in [2.24, 2.45) is 5.92 Å². The summed E-state index contributed by atoms with van der Waals surface area (Å²) in [7, 11) is 0. The molecule has 0 fully saturated rings. The first kappa shape index (κ1) is 14.1. The number of ether oxygens (including phenoxy) is 1. The summed E-state index contributed by atoms with van der Waals surface area (Å²) in [6, 6.07) is 0. The summed E-state index contributed by atoms with van der Waals surface area (Å²) in [4.78, 5) is 22.9. The minimum absolute atomic E-state index is 0.142. The number of esters is 1. The van der Waals surface area contributed by atoms with Gasteiger partial charge in [-0.1, -0.05) is 13.8 Å². The molecule has 0 aromatic heterocycles. The molecule has 0 aromatic carbocycles. The van der Waals surface area contributed by atoms with Crippen molar-refractivity contribution in [2.75, 3.05) is 0 Å². The third-order valence-corrected chi connectivity index (χ3v) is 2.13. The summed E-state index contributed by atoms with van der Waals surface area (Å²) in [5, 5.41) is 0. The van der Waals surface area contributed by atoms with Crippen molar-refractivity contribution in [3.63, 3.8) is 0 Å². The van der Waals surface area contributed by atoms with Crippen molar-refractivity contribution < 1.29 is 14.3 Å². The number of rotatable bonds is 5. The van der Waals surface area contributed by atoms with Crippen LogP contribution in [0.3, 0.4) is 0 Å². The zero-order valence-corrected chi connectivity index (χ0v) is 10.4. The van der Waals surface area contributed by atoms with Crippen molar-refractivity contribution >= 4 is 11.8 Å². The van der Waals surface area contributed by atoms with Crippen molar-refractivity contribution in [3.8, 4) is 0 Å². The van der Waals surface area contributed by atoms with Gasteiger partial charge < -0.3 is 4.74 Å². The number of carbonyl (C=O) groups excluding carboxylic acids is 2. The molecular formula is C12H22O3. The van der Waals surface area contributed by atoms with Gasteiger partial charge in [0.05, 0.1) is 6.42 Å². The van der Waals surface area contributed by atoms with Gasteiger partial charge in [0, 0.05) is 12.3 Å². The van der Waals surface area contributed by atoms with E-state index in [0.717, 1.165) is 0 Å². The van der Waals surface area contributed by atoms with Crippen molar-refractivity contribution in [1.82, 2.24) is 0 Å². The Bertz CT molecular complexity index is 226. The molecule has 0 aromatic rings. The Hall–Kier alpha value is -0.860. The summed E-state index contributed by atoms with van der Waals surface area (Å²) in [5.74, 6) is -0.315. The molecule has 15 heavy (non-hydrogen) atoms. The molecular weight excluding hydrogens is 192 g/mol. The molecule has 88 valence electrons. The van der Waals surface area contributed by atoms with Crippen LogP contribution in [0.5, 0.6) is 0 Å². The molecule has 0 aliphatic rings. The Morgan fingerprint density at radius 1 is 1.20 bits per heavy atom. The summed E-state index contributed by atoms with van der Waals surface area (Å²) >= 11 is 0. The first-order chi connectivity index (χ1) is 6.80. The Balaban J connectivity index is 4.20. The minimum Gasteiger partial charge on any atom is -0.460 e. The van der Waals surface area contributed by atoms with E-state index in [0.29, 0.717) is 12.8 Å². The SMILES string of the molecule is CCC(=O)[C@@H](CC)CC(=O)OC(C)(C)C. The van der Waals surface area contributed by atoms with Gasteiger partial charge in [-0.2, -0.15) is 0 Å². The van der Waals surface area contributed by atoms with Gasteiger partial charge in [-0.05, 0) is 27.2 Å². The fraction of sp³-hybridized carbons (Fsp3) is 0.833. The lowest BCUT2D eigenvalue weighted by Crippen LogP contribution is -2.27. The standard InChI is InChI=1S/C12H22O3/c1-6-9(10(13)7-2)8-11(14)15-12(3,4)5/h9H,6-8H2,1-5H3/t9-/m0/s1. The topological polar surface area (TPSA) is 43.4 Å². The molecule has 3 nitrogen and oxygen atoms in total. The fourth-order valence-electron chi connectivity index (χ4n) is 1.36. The van der Waals surface area contributed by atoms with E-state index in [1.54, 1.807) is 0 Å². The van der Waals surface area contributed by atoms with Crippen LogP contribution in [0, 0.1) is 5.92 Å². The lowest BCUT2D eigenvalue weighted by atomic mass is 9.95. The van der Waals surface area contributed by atoms with E-state index in [1.165, 1.54) is 0 Å². The summed E-state index contributed by atoms with van der Waals surface area (Å²) < 4.78 is 5.17. The van der Waals surface area contributed by atoms with Crippen LogP contribution in [0.25, 0.3) is 0 Å². The van der Waals surface area contributed by atoms with Crippen LogP contribution in [0.15, 0.2) is 0 Å². The van der Waals surface area contributed by atoms with Gasteiger partial charge in [-0.3, -0.25) is 9.59 Å². The molecule has 0 aliphatic carbocycles. The highest BCUT2D eigenvalue weighted by atomic mass is 16.6. The zero-order chi connectivity index (χ0) is 12.1. The van der Waals surface area contributed by atoms with Gasteiger partial charge in [0.15, 0.2) is 0 Å².